The number of anilines is 1. The molecule has 2 rings (SSSR count). The molecule has 0 aliphatic rings. The summed E-state index contributed by atoms with van der Waals surface area (Å²) in [4.78, 5) is 6.38. The third kappa shape index (κ3) is 3.12. The van der Waals surface area contributed by atoms with E-state index >= 15 is 0 Å². The zero-order valence-electron chi connectivity index (χ0n) is 11.6. The first kappa shape index (κ1) is 13.6. The number of rotatable bonds is 5. The minimum atomic E-state index is 0.154. The fourth-order valence-electron chi connectivity index (χ4n) is 2.24. The monoisotopic (exact) mass is 255 g/mol. The number of pyridine rings is 1. The molecule has 19 heavy (non-hydrogen) atoms. The molecule has 0 bridgehead atoms. The van der Waals surface area contributed by atoms with Crippen LogP contribution in [0.25, 0.3) is 0 Å². The molecule has 0 amide bonds. The van der Waals surface area contributed by atoms with Crippen molar-refractivity contribution in [2.24, 2.45) is 5.73 Å². The van der Waals surface area contributed by atoms with Crippen LogP contribution in [0.4, 0.5) is 5.69 Å². The molecule has 2 N–H and O–H groups in total. The van der Waals surface area contributed by atoms with E-state index in [0.717, 1.165) is 12.0 Å². The van der Waals surface area contributed by atoms with Crippen LogP contribution in [-0.4, -0.2) is 18.6 Å². The van der Waals surface area contributed by atoms with Crippen molar-refractivity contribution in [1.82, 2.24) is 4.98 Å². The second-order valence-corrected chi connectivity index (χ2v) is 4.67. The number of benzene rings is 1. The molecule has 1 unspecified atom stereocenters. The lowest BCUT2D eigenvalue weighted by Gasteiger charge is -2.29. The maximum absolute atomic E-state index is 5.93. The Hall–Kier alpha value is -1.87. The third-order valence-corrected chi connectivity index (χ3v) is 3.51. The van der Waals surface area contributed by atoms with Gasteiger partial charge in [0, 0.05) is 31.7 Å². The van der Waals surface area contributed by atoms with Gasteiger partial charge in [-0.3, -0.25) is 4.98 Å². The lowest BCUT2D eigenvalue weighted by molar-refractivity contribution is 0.677. The van der Waals surface area contributed by atoms with Gasteiger partial charge >= 0.3 is 0 Å². The van der Waals surface area contributed by atoms with Crippen molar-refractivity contribution in [3.63, 3.8) is 0 Å². The molecule has 0 saturated carbocycles. The number of aryl methyl sites for hydroxylation is 1. The maximum atomic E-state index is 5.93. The molecule has 2 aromatic rings. The molecule has 3 nitrogen and oxygen atoms in total. The largest absolute Gasteiger partial charge is 0.366 e. The first-order valence-electron chi connectivity index (χ1n) is 6.68. The van der Waals surface area contributed by atoms with Crippen molar-refractivity contribution in [2.45, 2.75) is 19.4 Å². The van der Waals surface area contributed by atoms with Gasteiger partial charge in [0.1, 0.15) is 0 Å². The summed E-state index contributed by atoms with van der Waals surface area (Å²) >= 11 is 0. The fourth-order valence-corrected chi connectivity index (χ4v) is 2.24. The predicted molar refractivity (Wildman–Crippen MR) is 80.3 cm³/mol. The molecular formula is C16H21N3. The van der Waals surface area contributed by atoms with E-state index in [0.29, 0.717) is 6.54 Å². The van der Waals surface area contributed by atoms with Crippen molar-refractivity contribution >= 4 is 5.69 Å². The summed E-state index contributed by atoms with van der Waals surface area (Å²) in [5.74, 6) is 0. The summed E-state index contributed by atoms with van der Waals surface area (Å²) in [7, 11) is 2.07. The minimum Gasteiger partial charge on any atom is -0.366 e. The van der Waals surface area contributed by atoms with Gasteiger partial charge in [-0.15, -0.1) is 0 Å². The number of nitrogens with zero attached hydrogens (tertiary/aromatic N) is 2. The van der Waals surface area contributed by atoms with Gasteiger partial charge in [0.05, 0.1) is 6.04 Å². The number of nitrogens with two attached hydrogens (primary N) is 1. The van der Waals surface area contributed by atoms with Crippen LogP contribution in [0.5, 0.6) is 0 Å². The SMILES string of the molecule is CCc1ccc(N(C)C(CN)c2cccnc2)cc1. The number of hydrogen-bond donors (Lipinski definition) is 1. The highest BCUT2D eigenvalue weighted by atomic mass is 15.1. The topological polar surface area (TPSA) is 42.1 Å². The van der Waals surface area contributed by atoms with Gasteiger partial charge in [-0.2, -0.15) is 0 Å². The Kier molecular flexibility index (Phi) is 4.53. The Labute approximate surface area is 115 Å². The average molecular weight is 255 g/mol. The van der Waals surface area contributed by atoms with E-state index in [-0.39, 0.29) is 6.04 Å². The Morgan fingerprint density at radius 1 is 1.21 bits per heavy atom. The van der Waals surface area contributed by atoms with Crippen LogP contribution >= 0.6 is 0 Å². The number of aromatic nitrogens is 1. The van der Waals surface area contributed by atoms with Gasteiger partial charge < -0.3 is 10.6 Å². The molecule has 1 atom stereocenters. The Balaban J connectivity index is 2.22. The quantitative estimate of drug-likeness (QED) is 0.893. The predicted octanol–water partition coefficient (Wildman–Crippen LogP) is 2.78. The van der Waals surface area contributed by atoms with Crippen molar-refractivity contribution in [3.05, 3.63) is 59.9 Å². The van der Waals surface area contributed by atoms with Crippen LogP contribution in [0.15, 0.2) is 48.8 Å². The van der Waals surface area contributed by atoms with E-state index in [2.05, 4.69) is 54.2 Å². The number of hydrogen-bond acceptors (Lipinski definition) is 3. The molecule has 1 aromatic heterocycles. The van der Waals surface area contributed by atoms with Crippen LogP contribution in [0.1, 0.15) is 24.1 Å². The maximum Gasteiger partial charge on any atom is 0.0676 e. The fraction of sp³-hybridized carbons (Fsp3) is 0.312. The summed E-state index contributed by atoms with van der Waals surface area (Å²) < 4.78 is 0. The lowest BCUT2D eigenvalue weighted by Crippen LogP contribution is -2.30. The zero-order chi connectivity index (χ0) is 13.7. The first-order chi connectivity index (χ1) is 9.26. The second kappa shape index (κ2) is 6.34. The minimum absolute atomic E-state index is 0.154. The molecule has 0 fully saturated rings. The van der Waals surface area contributed by atoms with E-state index < -0.39 is 0 Å². The summed E-state index contributed by atoms with van der Waals surface area (Å²) in [6.07, 6.45) is 4.73. The highest BCUT2D eigenvalue weighted by Crippen LogP contribution is 2.24. The summed E-state index contributed by atoms with van der Waals surface area (Å²) in [5.41, 5.74) is 9.60. The highest BCUT2D eigenvalue weighted by Gasteiger charge is 2.15. The highest BCUT2D eigenvalue weighted by molar-refractivity contribution is 5.49. The summed E-state index contributed by atoms with van der Waals surface area (Å²) in [6, 6.07) is 12.8. The molecule has 0 aliphatic carbocycles. The van der Waals surface area contributed by atoms with E-state index in [4.69, 9.17) is 5.73 Å². The van der Waals surface area contributed by atoms with Gasteiger partial charge in [-0.1, -0.05) is 25.1 Å². The van der Waals surface area contributed by atoms with Gasteiger partial charge in [-0.05, 0) is 35.7 Å². The van der Waals surface area contributed by atoms with E-state index in [1.165, 1.54) is 11.3 Å². The van der Waals surface area contributed by atoms with Crippen molar-refractivity contribution in [3.8, 4) is 0 Å². The smallest absolute Gasteiger partial charge is 0.0676 e. The average Bonchev–Trinajstić information content (AvgIpc) is 2.49. The Morgan fingerprint density at radius 2 is 1.95 bits per heavy atom. The zero-order valence-corrected chi connectivity index (χ0v) is 11.6. The number of likely N-dealkylation sites (N-methyl/N-ethyl adjacent to an activating group) is 1. The van der Waals surface area contributed by atoms with E-state index in [9.17, 15) is 0 Å². The van der Waals surface area contributed by atoms with Gasteiger partial charge in [0.15, 0.2) is 0 Å². The van der Waals surface area contributed by atoms with E-state index in [1.54, 1.807) is 6.20 Å². The van der Waals surface area contributed by atoms with Crippen molar-refractivity contribution < 1.29 is 0 Å². The standard InChI is InChI=1S/C16H21N3/c1-3-13-6-8-15(9-7-13)19(2)16(11-17)14-5-4-10-18-12-14/h4-10,12,16H,3,11,17H2,1-2H3. The second-order valence-electron chi connectivity index (χ2n) is 4.67. The molecule has 0 saturated heterocycles. The molecule has 0 radical (unpaired) electrons. The van der Waals surface area contributed by atoms with E-state index in [1.807, 2.05) is 12.3 Å². The first-order valence-corrected chi connectivity index (χ1v) is 6.68. The normalized spacial score (nSPS) is 12.2. The van der Waals surface area contributed by atoms with Crippen LogP contribution in [-0.2, 0) is 6.42 Å². The molecule has 0 spiro atoms. The molecule has 100 valence electrons. The molecule has 0 aliphatic heterocycles. The summed E-state index contributed by atoms with van der Waals surface area (Å²) in [6.45, 7) is 2.73. The summed E-state index contributed by atoms with van der Waals surface area (Å²) in [5, 5.41) is 0. The Morgan fingerprint density at radius 3 is 2.47 bits per heavy atom. The van der Waals surface area contributed by atoms with Gasteiger partial charge in [0.25, 0.3) is 0 Å². The van der Waals surface area contributed by atoms with Crippen LogP contribution in [0.2, 0.25) is 0 Å². The molecular weight excluding hydrogens is 234 g/mol. The molecule has 1 aromatic carbocycles. The molecule has 3 heteroatoms. The van der Waals surface area contributed by atoms with Crippen LogP contribution in [0, 0.1) is 0 Å². The van der Waals surface area contributed by atoms with Gasteiger partial charge in [-0.25, -0.2) is 0 Å². The lowest BCUT2D eigenvalue weighted by atomic mass is 10.1. The van der Waals surface area contributed by atoms with Gasteiger partial charge in [0.2, 0.25) is 0 Å². The third-order valence-electron chi connectivity index (χ3n) is 3.51. The molecule has 1 heterocycles. The van der Waals surface area contributed by atoms with Crippen molar-refractivity contribution in [2.75, 3.05) is 18.5 Å². The Bertz CT molecular complexity index is 493. The van der Waals surface area contributed by atoms with Crippen molar-refractivity contribution in [1.29, 1.82) is 0 Å². The van der Waals surface area contributed by atoms with Crippen LogP contribution < -0.4 is 10.6 Å². The van der Waals surface area contributed by atoms with Crippen LogP contribution in [0.3, 0.4) is 0 Å².